The van der Waals surface area contributed by atoms with Crippen LogP contribution in [0.1, 0.15) is 28.9 Å². The summed E-state index contributed by atoms with van der Waals surface area (Å²) in [6.45, 7) is 4.57. The minimum absolute atomic E-state index is 0.172. The van der Waals surface area contributed by atoms with Crippen molar-refractivity contribution < 1.29 is 9.18 Å². The molecule has 7 nitrogen and oxygen atoms in total. The monoisotopic (exact) mass is 404 g/mol. The molecule has 8 heteroatoms. The summed E-state index contributed by atoms with van der Waals surface area (Å²) in [5, 5.41) is 0.594. The van der Waals surface area contributed by atoms with E-state index in [4.69, 9.17) is 0 Å². The molecule has 0 saturated heterocycles. The number of pyridine rings is 1. The number of imidazole rings is 1. The minimum Gasteiger partial charge on any atom is -0.337 e. The Morgan fingerprint density at radius 2 is 1.93 bits per heavy atom. The van der Waals surface area contributed by atoms with Gasteiger partial charge in [-0.05, 0) is 32.0 Å². The summed E-state index contributed by atoms with van der Waals surface area (Å²) < 4.78 is 15.8. The molecule has 1 aromatic carbocycles. The highest BCUT2D eigenvalue weighted by molar-refractivity contribution is 6.07. The third kappa shape index (κ3) is 3.76. The van der Waals surface area contributed by atoms with Crippen molar-refractivity contribution in [1.82, 2.24) is 29.4 Å². The van der Waals surface area contributed by atoms with Gasteiger partial charge in [0.25, 0.3) is 5.91 Å². The predicted molar refractivity (Wildman–Crippen MR) is 111 cm³/mol. The highest BCUT2D eigenvalue weighted by Gasteiger charge is 2.21. The lowest BCUT2D eigenvalue weighted by atomic mass is 10.0. The number of hydrogen-bond acceptors (Lipinski definition) is 5. The SMILES string of the molecule is CCN(Cc1nccn1C)C(=O)c1cc(-c2cnc(C)nc2)nc2cc(F)ccc12. The van der Waals surface area contributed by atoms with E-state index in [9.17, 15) is 9.18 Å². The van der Waals surface area contributed by atoms with E-state index in [1.807, 2.05) is 24.7 Å². The van der Waals surface area contributed by atoms with Crippen LogP contribution in [0.3, 0.4) is 0 Å². The van der Waals surface area contributed by atoms with Crippen molar-refractivity contribution in [2.45, 2.75) is 20.4 Å². The minimum atomic E-state index is -0.411. The van der Waals surface area contributed by atoms with Crippen molar-refractivity contribution in [3.63, 3.8) is 0 Å². The molecule has 30 heavy (non-hydrogen) atoms. The highest BCUT2D eigenvalue weighted by atomic mass is 19.1. The maximum atomic E-state index is 13.9. The van der Waals surface area contributed by atoms with Crippen molar-refractivity contribution in [3.05, 3.63) is 72.1 Å². The van der Waals surface area contributed by atoms with Gasteiger partial charge in [0.05, 0.1) is 23.3 Å². The Morgan fingerprint density at radius 3 is 2.60 bits per heavy atom. The van der Waals surface area contributed by atoms with Crippen LogP contribution in [0, 0.1) is 12.7 Å². The van der Waals surface area contributed by atoms with E-state index < -0.39 is 5.82 Å². The standard InChI is InChI=1S/C22H21FN6O/c1-4-29(13-21-24-7-8-28(21)3)22(30)18-10-19(15-11-25-14(2)26-12-15)27-20-9-16(23)5-6-17(18)20/h5-12H,4,13H2,1-3H3. The Bertz CT molecular complexity index is 1220. The third-order valence-electron chi connectivity index (χ3n) is 5.00. The van der Waals surface area contributed by atoms with Crippen molar-refractivity contribution >= 4 is 16.8 Å². The van der Waals surface area contributed by atoms with Crippen LogP contribution in [0.25, 0.3) is 22.2 Å². The molecule has 0 radical (unpaired) electrons. The molecule has 0 N–H and O–H groups in total. The fourth-order valence-corrected chi connectivity index (χ4v) is 3.27. The van der Waals surface area contributed by atoms with Gasteiger partial charge in [-0.2, -0.15) is 0 Å². The summed E-state index contributed by atoms with van der Waals surface area (Å²) in [5.41, 5.74) is 2.04. The number of halogens is 1. The maximum absolute atomic E-state index is 13.9. The number of nitrogens with zero attached hydrogens (tertiary/aromatic N) is 6. The van der Waals surface area contributed by atoms with E-state index in [2.05, 4.69) is 19.9 Å². The fraction of sp³-hybridized carbons (Fsp3) is 0.227. The Balaban J connectivity index is 1.82. The first kappa shape index (κ1) is 19.6. The topological polar surface area (TPSA) is 76.8 Å². The van der Waals surface area contributed by atoms with Gasteiger partial charge in [-0.1, -0.05) is 0 Å². The lowest BCUT2D eigenvalue weighted by Gasteiger charge is -2.22. The van der Waals surface area contributed by atoms with Gasteiger partial charge < -0.3 is 9.47 Å². The Hall–Kier alpha value is -3.68. The van der Waals surface area contributed by atoms with Crippen molar-refractivity contribution in [2.24, 2.45) is 7.05 Å². The predicted octanol–water partition coefficient (Wildman–Crippen LogP) is 3.54. The first-order chi connectivity index (χ1) is 14.5. The molecule has 0 unspecified atom stereocenters. The normalized spacial score (nSPS) is 11.1. The molecular weight excluding hydrogens is 383 g/mol. The van der Waals surface area contributed by atoms with Crippen molar-refractivity contribution in [2.75, 3.05) is 6.54 Å². The quantitative estimate of drug-likeness (QED) is 0.509. The molecule has 0 saturated carbocycles. The number of fused-ring (bicyclic) bond motifs is 1. The summed E-state index contributed by atoms with van der Waals surface area (Å²) in [7, 11) is 1.89. The zero-order chi connectivity index (χ0) is 21.3. The highest BCUT2D eigenvalue weighted by Crippen LogP contribution is 2.26. The average Bonchev–Trinajstić information content (AvgIpc) is 3.15. The van der Waals surface area contributed by atoms with Crippen LogP contribution < -0.4 is 0 Å². The van der Waals surface area contributed by atoms with E-state index >= 15 is 0 Å². The molecule has 1 amide bonds. The van der Waals surface area contributed by atoms with Crippen LogP contribution in [-0.4, -0.2) is 41.9 Å². The molecule has 3 heterocycles. The van der Waals surface area contributed by atoms with Crippen molar-refractivity contribution in [3.8, 4) is 11.3 Å². The first-order valence-electron chi connectivity index (χ1n) is 9.61. The Kier molecular flexibility index (Phi) is 5.22. The second kappa shape index (κ2) is 7.98. The van der Waals surface area contributed by atoms with Crippen LogP contribution >= 0.6 is 0 Å². The van der Waals surface area contributed by atoms with Gasteiger partial charge in [0.1, 0.15) is 17.5 Å². The molecule has 0 atom stereocenters. The Morgan fingerprint density at radius 1 is 1.17 bits per heavy atom. The molecule has 0 fully saturated rings. The molecule has 3 aromatic heterocycles. The summed E-state index contributed by atoms with van der Waals surface area (Å²) in [6.07, 6.45) is 6.84. The van der Waals surface area contributed by atoms with Gasteiger partial charge in [0.2, 0.25) is 0 Å². The zero-order valence-corrected chi connectivity index (χ0v) is 17.0. The first-order valence-corrected chi connectivity index (χ1v) is 9.61. The fourth-order valence-electron chi connectivity index (χ4n) is 3.27. The van der Waals surface area contributed by atoms with Crippen molar-refractivity contribution in [1.29, 1.82) is 0 Å². The largest absolute Gasteiger partial charge is 0.337 e. The van der Waals surface area contributed by atoms with Gasteiger partial charge in [-0.15, -0.1) is 0 Å². The molecule has 0 aliphatic rings. The second-order valence-electron chi connectivity index (χ2n) is 7.01. The zero-order valence-electron chi connectivity index (χ0n) is 17.0. The van der Waals surface area contributed by atoms with E-state index in [0.717, 1.165) is 5.82 Å². The number of benzene rings is 1. The molecule has 4 aromatic rings. The lowest BCUT2D eigenvalue weighted by Crippen LogP contribution is -2.31. The van der Waals surface area contributed by atoms with Crippen LogP contribution in [0.15, 0.2) is 49.1 Å². The summed E-state index contributed by atoms with van der Waals surface area (Å²) >= 11 is 0. The number of aryl methyl sites for hydroxylation is 2. The van der Waals surface area contributed by atoms with Gasteiger partial charge >= 0.3 is 0 Å². The summed E-state index contributed by atoms with van der Waals surface area (Å²) in [6, 6.07) is 5.98. The van der Waals surface area contributed by atoms with Gasteiger partial charge in [0.15, 0.2) is 0 Å². The molecule has 0 bridgehead atoms. The molecule has 0 aliphatic heterocycles. The molecule has 4 rings (SSSR count). The number of hydrogen-bond donors (Lipinski definition) is 0. The number of aromatic nitrogens is 5. The number of amides is 1. The molecule has 0 aliphatic carbocycles. The van der Waals surface area contributed by atoms with E-state index in [1.54, 1.807) is 42.5 Å². The lowest BCUT2D eigenvalue weighted by molar-refractivity contribution is 0.0749. The van der Waals surface area contributed by atoms with Gasteiger partial charge in [-0.25, -0.2) is 24.3 Å². The molecule has 152 valence electrons. The Labute approximate surface area is 173 Å². The molecule has 0 spiro atoms. The van der Waals surface area contributed by atoms with Crippen LogP contribution in [0.2, 0.25) is 0 Å². The number of carbonyl (C=O) groups is 1. The summed E-state index contributed by atoms with van der Waals surface area (Å²) in [5.74, 6) is 0.829. The second-order valence-corrected chi connectivity index (χ2v) is 7.01. The number of rotatable bonds is 5. The van der Waals surface area contributed by atoms with Gasteiger partial charge in [-0.3, -0.25) is 4.79 Å². The maximum Gasteiger partial charge on any atom is 0.255 e. The van der Waals surface area contributed by atoms with Crippen LogP contribution in [-0.2, 0) is 13.6 Å². The average molecular weight is 404 g/mol. The smallest absolute Gasteiger partial charge is 0.255 e. The van der Waals surface area contributed by atoms with E-state index in [1.165, 1.54) is 12.1 Å². The van der Waals surface area contributed by atoms with Gasteiger partial charge in [0, 0.05) is 55.4 Å². The summed E-state index contributed by atoms with van der Waals surface area (Å²) in [4.78, 5) is 32.5. The third-order valence-corrected chi connectivity index (χ3v) is 5.00. The van der Waals surface area contributed by atoms with E-state index in [0.29, 0.717) is 46.6 Å². The van der Waals surface area contributed by atoms with E-state index in [-0.39, 0.29) is 5.91 Å². The van der Waals surface area contributed by atoms with Crippen LogP contribution in [0.5, 0.6) is 0 Å². The van der Waals surface area contributed by atoms with Crippen LogP contribution in [0.4, 0.5) is 4.39 Å². The molecular formula is C22H21FN6O. The number of carbonyl (C=O) groups excluding carboxylic acids is 1.